The number of halogens is 1. The lowest BCUT2D eigenvalue weighted by Gasteiger charge is -2.28. The zero-order valence-corrected chi connectivity index (χ0v) is 11.9. The van der Waals surface area contributed by atoms with E-state index in [9.17, 15) is 0 Å². The van der Waals surface area contributed by atoms with E-state index in [1.807, 2.05) is 12.1 Å². The van der Waals surface area contributed by atoms with Crippen LogP contribution in [0.5, 0.6) is 11.5 Å². The fraction of sp³-hybridized carbons (Fsp3) is 0.571. The summed E-state index contributed by atoms with van der Waals surface area (Å²) in [4.78, 5) is 0. The van der Waals surface area contributed by atoms with Crippen LogP contribution in [0.2, 0.25) is 5.02 Å². The lowest BCUT2D eigenvalue weighted by molar-refractivity contribution is 0.296. The number of benzene rings is 1. The van der Waals surface area contributed by atoms with Gasteiger partial charge >= 0.3 is 0 Å². The molecule has 0 aliphatic carbocycles. The van der Waals surface area contributed by atoms with Crippen molar-refractivity contribution in [2.24, 2.45) is 11.1 Å². The summed E-state index contributed by atoms with van der Waals surface area (Å²) in [6.07, 6.45) is 0.882. The first-order valence-corrected chi connectivity index (χ1v) is 6.62. The summed E-state index contributed by atoms with van der Waals surface area (Å²) < 4.78 is 11.3. The molecule has 2 rings (SSSR count). The molecule has 0 amide bonds. The fourth-order valence-corrected chi connectivity index (χ4v) is 2.18. The Morgan fingerprint density at radius 3 is 2.28 bits per heavy atom. The lowest BCUT2D eigenvalue weighted by Crippen LogP contribution is -2.26. The summed E-state index contributed by atoms with van der Waals surface area (Å²) in [6, 6.07) is 3.59. The van der Waals surface area contributed by atoms with Gasteiger partial charge in [0.1, 0.15) is 0 Å². The molecular formula is C14H20ClNO2. The van der Waals surface area contributed by atoms with Crippen LogP contribution in [0, 0.1) is 5.41 Å². The molecule has 100 valence electrons. The Kier molecular flexibility index (Phi) is 3.74. The number of rotatable bonds is 1. The molecule has 1 aromatic rings. The highest BCUT2D eigenvalue weighted by Crippen LogP contribution is 2.41. The average Bonchev–Trinajstić information content (AvgIpc) is 2.50. The van der Waals surface area contributed by atoms with Crippen molar-refractivity contribution in [1.82, 2.24) is 0 Å². The van der Waals surface area contributed by atoms with Gasteiger partial charge in [0.15, 0.2) is 11.5 Å². The minimum atomic E-state index is -0.137. The summed E-state index contributed by atoms with van der Waals surface area (Å²) in [5, 5.41) is 0.640. The molecule has 1 aromatic carbocycles. The van der Waals surface area contributed by atoms with Gasteiger partial charge in [-0.3, -0.25) is 0 Å². The molecule has 0 fully saturated rings. The molecule has 1 aliphatic rings. The molecule has 0 radical (unpaired) electrons. The monoisotopic (exact) mass is 269 g/mol. The Hall–Kier alpha value is -0.930. The summed E-state index contributed by atoms with van der Waals surface area (Å²) in [5.41, 5.74) is 7.12. The van der Waals surface area contributed by atoms with Crippen LogP contribution in [0.4, 0.5) is 0 Å². The second kappa shape index (κ2) is 4.98. The zero-order valence-electron chi connectivity index (χ0n) is 11.1. The van der Waals surface area contributed by atoms with Gasteiger partial charge in [-0.15, -0.1) is 0 Å². The van der Waals surface area contributed by atoms with Crippen molar-refractivity contribution in [3.8, 4) is 11.5 Å². The molecule has 1 unspecified atom stereocenters. The topological polar surface area (TPSA) is 44.5 Å². The summed E-state index contributed by atoms with van der Waals surface area (Å²) >= 11 is 6.30. The Bertz CT molecular complexity index is 440. The van der Waals surface area contributed by atoms with Gasteiger partial charge in [-0.1, -0.05) is 32.4 Å². The van der Waals surface area contributed by atoms with Gasteiger partial charge in [0.05, 0.1) is 13.2 Å². The molecule has 2 N–H and O–H groups in total. The van der Waals surface area contributed by atoms with E-state index in [1.54, 1.807) is 0 Å². The smallest absolute Gasteiger partial charge is 0.162 e. The number of hydrogen-bond donors (Lipinski definition) is 1. The van der Waals surface area contributed by atoms with Crippen molar-refractivity contribution in [3.63, 3.8) is 0 Å². The van der Waals surface area contributed by atoms with E-state index in [4.69, 9.17) is 26.8 Å². The third-order valence-electron chi connectivity index (χ3n) is 3.13. The largest absolute Gasteiger partial charge is 0.490 e. The molecule has 0 spiro atoms. The van der Waals surface area contributed by atoms with Crippen LogP contribution in [0.15, 0.2) is 12.1 Å². The van der Waals surface area contributed by atoms with Gasteiger partial charge in [0, 0.05) is 23.6 Å². The Morgan fingerprint density at radius 1 is 1.17 bits per heavy atom. The van der Waals surface area contributed by atoms with Crippen molar-refractivity contribution in [2.75, 3.05) is 13.2 Å². The van der Waals surface area contributed by atoms with E-state index < -0.39 is 0 Å². The molecule has 0 saturated carbocycles. The molecule has 3 nitrogen and oxygen atoms in total. The fourth-order valence-electron chi connectivity index (χ4n) is 1.90. The molecule has 1 atom stereocenters. The predicted octanol–water partition coefficient (Wildman–Crippen LogP) is 3.55. The third kappa shape index (κ3) is 2.73. The minimum absolute atomic E-state index is 0.0521. The molecule has 1 heterocycles. The van der Waals surface area contributed by atoms with Crippen LogP contribution in [0.25, 0.3) is 0 Å². The second-order valence-electron chi connectivity index (χ2n) is 5.71. The Labute approximate surface area is 113 Å². The lowest BCUT2D eigenvalue weighted by atomic mass is 9.83. The van der Waals surface area contributed by atoms with E-state index in [2.05, 4.69) is 20.8 Å². The van der Waals surface area contributed by atoms with Crippen LogP contribution < -0.4 is 15.2 Å². The summed E-state index contributed by atoms with van der Waals surface area (Å²) in [6.45, 7) is 7.61. The quantitative estimate of drug-likeness (QED) is 0.848. The van der Waals surface area contributed by atoms with Gasteiger partial charge in [-0.25, -0.2) is 0 Å². The summed E-state index contributed by atoms with van der Waals surface area (Å²) in [7, 11) is 0. The van der Waals surface area contributed by atoms with Crippen LogP contribution in [-0.2, 0) is 0 Å². The first-order chi connectivity index (χ1) is 8.39. The first kappa shape index (κ1) is 13.5. The van der Waals surface area contributed by atoms with Gasteiger partial charge in [0.2, 0.25) is 0 Å². The molecule has 4 heteroatoms. The highest BCUT2D eigenvalue weighted by Gasteiger charge is 2.26. The predicted molar refractivity (Wildman–Crippen MR) is 73.4 cm³/mol. The van der Waals surface area contributed by atoms with Gasteiger partial charge < -0.3 is 15.2 Å². The zero-order chi connectivity index (χ0) is 13.3. The van der Waals surface area contributed by atoms with Crippen LogP contribution in [0.1, 0.15) is 38.8 Å². The Balaban J connectivity index is 2.41. The standard InChI is InChI=1S/C14H20ClNO2/c1-14(2,3)13(16)9-7-11-12(8-10(9)15)18-6-4-5-17-11/h7-8,13H,4-6,16H2,1-3H3. The van der Waals surface area contributed by atoms with Crippen molar-refractivity contribution in [2.45, 2.75) is 33.2 Å². The third-order valence-corrected chi connectivity index (χ3v) is 3.46. The van der Waals surface area contributed by atoms with Crippen LogP contribution in [-0.4, -0.2) is 13.2 Å². The molecule has 18 heavy (non-hydrogen) atoms. The average molecular weight is 270 g/mol. The highest BCUT2D eigenvalue weighted by molar-refractivity contribution is 6.31. The van der Waals surface area contributed by atoms with E-state index in [0.29, 0.717) is 24.0 Å². The molecule has 0 saturated heterocycles. The van der Waals surface area contributed by atoms with Gasteiger partial charge in [-0.2, -0.15) is 0 Å². The second-order valence-corrected chi connectivity index (χ2v) is 6.12. The van der Waals surface area contributed by atoms with Crippen molar-refractivity contribution >= 4 is 11.6 Å². The molecular weight excluding hydrogens is 250 g/mol. The maximum atomic E-state index is 6.30. The number of ether oxygens (including phenoxy) is 2. The number of hydrogen-bond acceptors (Lipinski definition) is 3. The highest BCUT2D eigenvalue weighted by atomic mass is 35.5. The Morgan fingerprint density at radius 2 is 1.72 bits per heavy atom. The van der Waals surface area contributed by atoms with E-state index in [0.717, 1.165) is 17.7 Å². The number of nitrogens with two attached hydrogens (primary N) is 1. The molecule has 1 aliphatic heterocycles. The molecule has 0 aromatic heterocycles. The maximum Gasteiger partial charge on any atom is 0.162 e. The summed E-state index contributed by atoms with van der Waals surface area (Å²) in [5.74, 6) is 1.45. The first-order valence-electron chi connectivity index (χ1n) is 6.24. The van der Waals surface area contributed by atoms with Crippen molar-refractivity contribution < 1.29 is 9.47 Å². The van der Waals surface area contributed by atoms with E-state index in [1.165, 1.54) is 0 Å². The van der Waals surface area contributed by atoms with Crippen LogP contribution in [0.3, 0.4) is 0 Å². The van der Waals surface area contributed by atoms with E-state index in [-0.39, 0.29) is 11.5 Å². The van der Waals surface area contributed by atoms with E-state index >= 15 is 0 Å². The minimum Gasteiger partial charge on any atom is -0.490 e. The van der Waals surface area contributed by atoms with Crippen molar-refractivity contribution in [3.05, 3.63) is 22.7 Å². The van der Waals surface area contributed by atoms with Crippen molar-refractivity contribution in [1.29, 1.82) is 0 Å². The maximum absolute atomic E-state index is 6.30. The van der Waals surface area contributed by atoms with Gasteiger partial charge in [-0.05, 0) is 17.0 Å². The normalized spacial score (nSPS) is 17.2. The van der Waals surface area contributed by atoms with Gasteiger partial charge in [0.25, 0.3) is 0 Å². The van der Waals surface area contributed by atoms with Crippen LogP contribution >= 0.6 is 11.6 Å². The number of fused-ring (bicyclic) bond motifs is 1. The SMILES string of the molecule is CC(C)(C)C(N)c1cc2c(cc1Cl)OCCCO2. The molecule has 0 bridgehead atoms.